The minimum Gasteiger partial charge on any atom is -0.376 e. The van der Waals surface area contributed by atoms with E-state index < -0.39 is 0 Å². The van der Waals surface area contributed by atoms with E-state index in [9.17, 15) is 0 Å². The normalized spacial score (nSPS) is 19.9. The fraction of sp³-hybridized carbons (Fsp3) is 0.750. The molecule has 2 rings (SSSR count). The van der Waals surface area contributed by atoms with Crippen LogP contribution in [0.25, 0.3) is 0 Å². The predicted molar refractivity (Wildman–Crippen MR) is 66.2 cm³/mol. The van der Waals surface area contributed by atoms with Gasteiger partial charge in [0.25, 0.3) is 0 Å². The van der Waals surface area contributed by atoms with Gasteiger partial charge >= 0.3 is 0 Å². The molecule has 1 aliphatic rings. The van der Waals surface area contributed by atoms with E-state index in [1.165, 1.54) is 6.42 Å². The Bertz CT molecular complexity index is 354. The zero-order valence-electron chi connectivity index (χ0n) is 10.6. The number of hydrazine groups is 1. The minimum absolute atomic E-state index is 0.0234. The van der Waals surface area contributed by atoms with E-state index in [0.717, 1.165) is 31.5 Å². The van der Waals surface area contributed by atoms with Gasteiger partial charge in [0, 0.05) is 19.9 Å². The van der Waals surface area contributed by atoms with Crippen molar-refractivity contribution in [2.24, 2.45) is 5.84 Å². The number of aryl methyl sites for hydroxylation is 1. The highest BCUT2D eigenvalue weighted by Gasteiger charge is 2.46. The maximum Gasteiger partial charge on any atom is 0.0918 e. The van der Waals surface area contributed by atoms with Gasteiger partial charge in [0.15, 0.2) is 0 Å². The molecule has 5 nitrogen and oxygen atoms in total. The van der Waals surface area contributed by atoms with Crippen molar-refractivity contribution in [1.82, 2.24) is 15.2 Å². The van der Waals surface area contributed by atoms with Gasteiger partial charge in [0.1, 0.15) is 0 Å². The summed E-state index contributed by atoms with van der Waals surface area (Å²) in [6.45, 7) is 3.06. The van der Waals surface area contributed by atoms with E-state index in [0.29, 0.717) is 0 Å². The summed E-state index contributed by atoms with van der Waals surface area (Å²) >= 11 is 0. The number of nitrogens with two attached hydrogens (primary N) is 1. The molecule has 96 valence electrons. The van der Waals surface area contributed by atoms with Crippen molar-refractivity contribution in [2.45, 2.75) is 50.8 Å². The Labute approximate surface area is 102 Å². The summed E-state index contributed by atoms with van der Waals surface area (Å²) in [6.07, 6.45) is 6.20. The zero-order valence-corrected chi connectivity index (χ0v) is 10.6. The second-order valence-corrected chi connectivity index (χ2v) is 4.70. The Hall–Kier alpha value is -0.910. The summed E-state index contributed by atoms with van der Waals surface area (Å²) in [5, 5.41) is 4.35. The summed E-state index contributed by atoms with van der Waals surface area (Å²) in [4.78, 5) is 0. The van der Waals surface area contributed by atoms with Gasteiger partial charge in [-0.1, -0.05) is 6.92 Å². The third kappa shape index (κ3) is 2.10. The van der Waals surface area contributed by atoms with Gasteiger partial charge in [-0.05, 0) is 31.7 Å². The van der Waals surface area contributed by atoms with E-state index in [2.05, 4.69) is 17.4 Å². The average Bonchev–Trinajstić information content (AvgIpc) is 2.72. The third-order valence-electron chi connectivity index (χ3n) is 3.78. The lowest BCUT2D eigenvalue weighted by Gasteiger charge is -2.46. The number of ether oxygens (including phenoxy) is 1. The number of hydrogen-bond donors (Lipinski definition) is 2. The van der Waals surface area contributed by atoms with E-state index in [4.69, 9.17) is 10.6 Å². The van der Waals surface area contributed by atoms with E-state index in [1.807, 2.05) is 16.9 Å². The highest BCUT2D eigenvalue weighted by atomic mass is 16.5. The monoisotopic (exact) mass is 238 g/mol. The van der Waals surface area contributed by atoms with Gasteiger partial charge in [-0.15, -0.1) is 0 Å². The molecule has 1 fully saturated rings. The highest BCUT2D eigenvalue weighted by molar-refractivity contribution is 5.15. The molecular formula is C12H22N4O. The molecule has 1 heterocycles. The molecule has 1 aliphatic carbocycles. The Morgan fingerprint density at radius 3 is 2.88 bits per heavy atom. The lowest BCUT2D eigenvalue weighted by atomic mass is 9.73. The zero-order chi connectivity index (χ0) is 12.3. The van der Waals surface area contributed by atoms with Crippen LogP contribution in [-0.4, -0.2) is 22.5 Å². The van der Waals surface area contributed by atoms with E-state index >= 15 is 0 Å². The molecular weight excluding hydrogens is 216 g/mol. The molecule has 1 unspecified atom stereocenters. The Balaban J connectivity index is 2.25. The molecule has 0 saturated heterocycles. The van der Waals surface area contributed by atoms with Crippen LogP contribution in [0, 0.1) is 0 Å². The van der Waals surface area contributed by atoms with Crippen molar-refractivity contribution in [3.05, 3.63) is 18.0 Å². The van der Waals surface area contributed by atoms with Crippen LogP contribution in [0.5, 0.6) is 0 Å². The molecule has 0 amide bonds. The summed E-state index contributed by atoms with van der Waals surface area (Å²) in [5.74, 6) is 5.73. The molecule has 5 heteroatoms. The fourth-order valence-electron chi connectivity index (χ4n) is 2.63. The van der Waals surface area contributed by atoms with Crippen LogP contribution in [0.15, 0.2) is 12.3 Å². The van der Waals surface area contributed by atoms with Gasteiger partial charge in [-0.25, -0.2) is 5.43 Å². The first-order chi connectivity index (χ1) is 8.27. The summed E-state index contributed by atoms with van der Waals surface area (Å²) in [5.41, 5.74) is 3.88. The summed E-state index contributed by atoms with van der Waals surface area (Å²) in [7, 11) is 1.77. The maximum atomic E-state index is 5.73. The molecule has 1 aromatic rings. The number of hydrogen-bond acceptors (Lipinski definition) is 4. The average molecular weight is 238 g/mol. The number of nitrogens with zero attached hydrogens (tertiary/aromatic N) is 2. The van der Waals surface area contributed by atoms with Crippen LogP contribution >= 0.6 is 0 Å². The van der Waals surface area contributed by atoms with Crippen LogP contribution in [0.1, 0.15) is 44.3 Å². The molecule has 0 aliphatic heterocycles. The molecule has 17 heavy (non-hydrogen) atoms. The summed E-state index contributed by atoms with van der Waals surface area (Å²) in [6, 6.07) is 2.05. The largest absolute Gasteiger partial charge is 0.376 e. The number of rotatable bonds is 6. The molecule has 0 spiro atoms. The summed E-state index contributed by atoms with van der Waals surface area (Å²) < 4.78 is 7.72. The smallest absolute Gasteiger partial charge is 0.0918 e. The first-order valence-electron chi connectivity index (χ1n) is 6.30. The van der Waals surface area contributed by atoms with Gasteiger partial charge < -0.3 is 4.74 Å². The lowest BCUT2D eigenvalue weighted by Crippen LogP contribution is -2.53. The fourth-order valence-corrected chi connectivity index (χ4v) is 2.63. The highest BCUT2D eigenvalue weighted by Crippen LogP contribution is 2.44. The third-order valence-corrected chi connectivity index (χ3v) is 3.78. The van der Waals surface area contributed by atoms with Gasteiger partial charge in [0.05, 0.1) is 17.3 Å². The lowest BCUT2D eigenvalue weighted by molar-refractivity contribution is -0.102. The first-order valence-corrected chi connectivity index (χ1v) is 6.30. The Morgan fingerprint density at radius 2 is 2.41 bits per heavy atom. The second-order valence-electron chi connectivity index (χ2n) is 4.70. The van der Waals surface area contributed by atoms with Crippen LogP contribution in [0.2, 0.25) is 0 Å². The SMILES string of the molecule is CCCn1nccc1C(NN)C1(OC)CCC1. The molecule has 0 aromatic carbocycles. The standard InChI is InChI=1S/C12H22N4O/c1-3-9-16-10(5-8-14-16)11(15-13)12(17-2)6-4-7-12/h5,8,11,15H,3-4,6-7,9,13H2,1-2H3. The van der Waals surface area contributed by atoms with Crippen LogP contribution in [0.3, 0.4) is 0 Å². The molecule has 1 aromatic heterocycles. The first kappa shape index (κ1) is 12.5. The number of nitrogens with one attached hydrogen (secondary N) is 1. The van der Waals surface area contributed by atoms with Crippen molar-refractivity contribution in [2.75, 3.05) is 7.11 Å². The van der Waals surface area contributed by atoms with Crippen LogP contribution in [-0.2, 0) is 11.3 Å². The Kier molecular flexibility index (Phi) is 3.81. The van der Waals surface area contributed by atoms with E-state index in [-0.39, 0.29) is 11.6 Å². The quantitative estimate of drug-likeness (QED) is 0.580. The topological polar surface area (TPSA) is 65.1 Å². The van der Waals surface area contributed by atoms with Crippen molar-refractivity contribution in [1.29, 1.82) is 0 Å². The predicted octanol–water partition coefficient (Wildman–Crippen LogP) is 1.37. The van der Waals surface area contributed by atoms with Gasteiger partial charge in [-0.2, -0.15) is 5.10 Å². The number of aromatic nitrogens is 2. The molecule has 0 bridgehead atoms. The van der Waals surface area contributed by atoms with Gasteiger partial charge in [0.2, 0.25) is 0 Å². The minimum atomic E-state index is -0.153. The Morgan fingerprint density at radius 1 is 1.65 bits per heavy atom. The van der Waals surface area contributed by atoms with E-state index in [1.54, 1.807) is 7.11 Å². The second kappa shape index (κ2) is 5.16. The maximum absolute atomic E-state index is 5.73. The van der Waals surface area contributed by atoms with Crippen molar-refractivity contribution in [3.8, 4) is 0 Å². The van der Waals surface area contributed by atoms with Crippen LogP contribution < -0.4 is 11.3 Å². The van der Waals surface area contributed by atoms with Gasteiger partial charge in [-0.3, -0.25) is 10.5 Å². The van der Waals surface area contributed by atoms with Crippen molar-refractivity contribution in [3.63, 3.8) is 0 Å². The molecule has 1 saturated carbocycles. The molecule has 3 N–H and O–H groups in total. The molecule has 0 radical (unpaired) electrons. The number of methoxy groups -OCH3 is 1. The van der Waals surface area contributed by atoms with Crippen molar-refractivity contribution >= 4 is 0 Å². The van der Waals surface area contributed by atoms with Crippen LogP contribution in [0.4, 0.5) is 0 Å². The van der Waals surface area contributed by atoms with Crippen molar-refractivity contribution < 1.29 is 4.74 Å². The molecule has 1 atom stereocenters.